The van der Waals surface area contributed by atoms with Crippen LogP contribution in [0.5, 0.6) is 0 Å². The number of allylic oxidation sites excluding steroid dienone is 5. The van der Waals surface area contributed by atoms with E-state index in [1.807, 2.05) is 0 Å². The summed E-state index contributed by atoms with van der Waals surface area (Å²) in [6.45, 7) is 4.73. The van der Waals surface area contributed by atoms with Crippen molar-refractivity contribution in [1.82, 2.24) is 4.98 Å². The van der Waals surface area contributed by atoms with Crippen LogP contribution in [0.25, 0.3) is 5.57 Å². The van der Waals surface area contributed by atoms with Crippen LogP contribution in [-0.2, 0) is 6.54 Å². The van der Waals surface area contributed by atoms with E-state index in [9.17, 15) is 22.0 Å². The van der Waals surface area contributed by atoms with Gasteiger partial charge in [-0.25, -0.2) is 13.8 Å². The maximum atomic E-state index is 13.6. The minimum absolute atomic E-state index is 0.0939. The SMILES string of the molecule is C=C/C(=C\C(Cl)C=C(C)c1cnc(NCc2c(F)cccc2F)s1)C(F)(F)F. The molecule has 2 nitrogen and oxygen atoms in total. The van der Waals surface area contributed by atoms with E-state index in [2.05, 4.69) is 16.9 Å². The summed E-state index contributed by atoms with van der Waals surface area (Å²) < 4.78 is 65.5. The summed E-state index contributed by atoms with van der Waals surface area (Å²) in [5, 5.41) is 2.24. The Balaban J connectivity index is 2.09. The molecule has 0 saturated heterocycles. The number of anilines is 1. The van der Waals surface area contributed by atoms with Gasteiger partial charge in [0.05, 0.1) is 15.8 Å². The highest BCUT2D eigenvalue weighted by atomic mass is 35.5. The Kier molecular flexibility index (Phi) is 7.37. The number of nitrogens with zero attached hydrogens (tertiary/aromatic N) is 1. The van der Waals surface area contributed by atoms with Crippen LogP contribution < -0.4 is 5.32 Å². The van der Waals surface area contributed by atoms with Gasteiger partial charge in [0.15, 0.2) is 5.13 Å². The lowest BCUT2D eigenvalue weighted by Gasteiger charge is -2.08. The zero-order valence-electron chi connectivity index (χ0n) is 14.7. The van der Waals surface area contributed by atoms with Crippen LogP contribution >= 0.6 is 22.9 Å². The van der Waals surface area contributed by atoms with Crippen LogP contribution in [0.4, 0.5) is 27.1 Å². The fourth-order valence-electron chi connectivity index (χ4n) is 2.22. The van der Waals surface area contributed by atoms with Crippen molar-refractivity contribution >= 4 is 33.6 Å². The maximum absolute atomic E-state index is 13.6. The van der Waals surface area contributed by atoms with Gasteiger partial charge < -0.3 is 5.32 Å². The lowest BCUT2D eigenvalue weighted by molar-refractivity contribution is -0.0883. The second kappa shape index (κ2) is 9.34. The molecule has 9 heteroatoms. The van der Waals surface area contributed by atoms with E-state index in [1.165, 1.54) is 29.7 Å². The average molecular weight is 435 g/mol. The van der Waals surface area contributed by atoms with Crippen molar-refractivity contribution in [2.45, 2.75) is 25.0 Å². The monoisotopic (exact) mass is 434 g/mol. The van der Waals surface area contributed by atoms with Crippen molar-refractivity contribution in [3.8, 4) is 0 Å². The Hall–Kier alpha value is -2.19. The summed E-state index contributed by atoms with van der Waals surface area (Å²) >= 11 is 7.16. The van der Waals surface area contributed by atoms with E-state index in [-0.39, 0.29) is 12.1 Å². The van der Waals surface area contributed by atoms with Gasteiger partial charge in [0, 0.05) is 18.3 Å². The Bertz CT molecular complexity index is 882. The third-order valence-corrected chi connectivity index (χ3v) is 5.01. The molecular formula is C19H16ClF5N2S. The minimum atomic E-state index is -4.53. The minimum Gasteiger partial charge on any atom is -0.357 e. The number of thiazole rings is 1. The molecule has 0 bridgehead atoms. The van der Waals surface area contributed by atoms with Crippen molar-refractivity contribution in [2.75, 3.05) is 5.32 Å². The lowest BCUT2D eigenvalue weighted by atomic mass is 10.1. The molecular weight excluding hydrogens is 419 g/mol. The third-order valence-electron chi connectivity index (χ3n) is 3.67. The highest BCUT2D eigenvalue weighted by molar-refractivity contribution is 7.16. The van der Waals surface area contributed by atoms with E-state index in [0.29, 0.717) is 21.7 Å². The number of aromatic nitrogens is 1. The number of hydrogen-bond donors (Lipinski definition) is 1. The summed E-state index contributed by atoms with van der Waals surface area (Å²) in [7, 11) is 0. The highest BCUT2D eigenvalue weighted by Crippen LogP contribution is 2.30. The molecule has 0 fully saturated rings. The topological polar surface area (TPSA) is 24.9 Å². The van der Waals surface area contributed by atoms with Gasteiger partial charge in [-0.1, -0.05) is 42.2 Å². The van der Waals surface area contributed by atoms with Crippen LogP contribution in [-0.4, -0.2) is 16.5 Å². The molecule has 0 aliphatic heterocycles. The van der Waals surface area contributed by atoms with Crippen molar-refractivity contribution in [2.24, 2.45) is 0 Å². The van der Waals surface area contributed by atoms with Gasteiger partial charge in [0.1, 0.15) is 11.6 Å². The molecule has 1 heterocycles. The summed E-state index contributed by atoms with van der Waals surface area (Å²) in [4.78, 5) is 4.76. The predicted octanol–water partition coefficient (Wildman–Crippen LogP) is 6.72. The van der Waals surface area contributed by atoms with Gasteiger partial charge in [-0.15, -0.1) is 11.6 Å². The van der Waals surface area contributed by atoms with Crippen molar-refractivity contribution < 1.29 is 22.0 Å². The predicted molar refractivity (Wildman–Crippen MR) is 103 cm³/mol. The van der Waals surface area contributed by atoms with E-state index in [4.69, 9.17) is 11.6 Å². The van der Waals surface area contributed by atoms with Crippen molar-refractivity contribution in [3.63, 3.8) is 0 Å². The first-order chi connectivity index (χ1) is 13.1. The fourth-order valence-corrected chi connectivity index (χ4v) is 3.34. The van der Waals surface area contributed by atoms with Gasteiger partial charge in [-0.05, 0) is 24.6 Å². The first-order valence-corrected chi connectivity index (χ1v) is 9.24. The first-order valence-electron chi connectivity index (χ1n) is 7.98. The molecule has 0 spiro atoms. The molecule has 1 atom stereocenters. The van der Waals surface area contributed by atoms with Crippen LogP contribution in [0.1, 0.15) is 17.4 Å². The molecule has 2 rings (SSSR count). The zero-order valence-corrected chi connectivity index (χ0v) is 16.2. The molecule has 0 aliphatic carbocycles. The summed E-state index contributed by atoms with van der Waals surface area (Å²) in [6.07, 6.45) is -0.0127. The van der Waals surface area contributed by atoms with Gasteiger partial charge in [0.25, 0.3) is 0 Å². The lowest BCUT2D eigenvalue weighted by Crippen LogP contribution is -2.11. The number of alkyl halides is 4. The van der Waals surface area contributed by atoms with Crippen LogP contribution in [0, 0.1) is 11.6 Å². The number of rotatable bonds is 7. The van der Waals surface area contributed by atoms with E-state index in [0.717, 1.165) is 18.2 Å². The number of hydrogen-bond acceptors (Lipinski definition) is 3. The second-order valence-corrected chi connectivity index (χ2v) is 7.24. The smallest absolute Gasteiger partial charge is 0.357 e. The van der Waals surface area contributed by atoms with Crippen molar-refractivity contribution in [1.29, 1.82) is 0 Å². The summed E-state index contributed by atoms with van der Waals surface area (Å²) in [6, 6.07) is 3.59. The van der Waals surface area contributed by atoms with Crippen LogP contribution in [0.15, 0.2) is 54.8 Å². The van der Waals surface area contributed by atoms with E-state index in [1.54, 1.807) is 6.92 Å². The largest absolute Gasteiger partial charge is 0.416 e. The maximum Gasteiger partial charge on any atom is 0.416 e. The fraction of sp³-hybridized carbons (Fsp3) is 0.211. The molecule has 0 saturated carbocycles. The normalized spacial score (nSPS) is 14.1. The van der Waals surface area contributed by atoms with Crippen LogP contribution in [0.3, 0.4) is 0 Å². The Morgan fingerprint density at radius 3 is 2.50 bits per heavy atom. The molecule has 1 unspecified atom stereocenters. The van der Waals surface area contributed by atoms with Gasteiger partial charge in [-0.3, -0.25) is 0 Å². The van der Waals surface area contributed by atoms with Gasteiger partial charge in [0.2, 0.25) is 0 Å². The molecule has 0 aliphatic rings. The van der Waals surface area contributed by atoms with E-state index < -0.39 is 28.8 Å². The summed E-state index contributed by atoms with van der Waals surface area (Å²) in [5.74, 6) is -1.33. The first kappa shape index (κ1) is 22.1. The molecule has 1 aromatic carbocycles. The quantitative estimate of drug-likeness (QED) is 0.297. The van der Waals surface area contributed by atoms with Crippen molar-refractivity contribution in [3.05, 3.63) is 76.9 Å². The molecule has 0 amide bonds. The summed E-state index contributed by atoms with van der Waals surface area (Å²) in [5.41, 5.74) is -0.416. The van der Waals surface area contributed by atoms with Gasteiger partial charge in [-0.2, -0.15) is 13.2 Å². The highest BCUT2D eigenvalue weighted by Gasteiger charge is 2.31. The third kappa shape index (κ3) is 5.90. The number of nitrogens with one attached hydrogen (secondary N) is 1. The average Bonchev–Trinajstić information content (AvgIpc) is 3.07. The standard InChI is InChI=1S/C19H16ClF5N2S/c1-3-12(19(23,24)25)8-13(20)7-11(2)17-10-27-18(28-17)26-9-14-15(21)5-4-6-16(14)22/h3-8,10,13H,1,9H2,2H3,(H,26,27)/b11-7?,12-8+. The molecule has 0 radical (unpaired) electrons. The molecule has 1 aromatic heterocycles. The Morgan fingerprint density at radius 1 is 1.29 bits per heavy atom. The molecule has 1 N–H and O–H groups in total. The molecule has 2 aromatic rings. The Labute approximate surface area is 168 Å². The van der Waals surface area contributed by atoms with E-state index >= 15 is 0 Å². The second-order valence-electron chi connectivity index (χ2n) is 5.70. The number of benzene rings is 1. The zero-order chi connectivity index (χ0) is 20.9. The van der Waals surface area contributed by atoms with Gasteiger partial charge >= 0.3 is 6.18 Å². The van der Waals surface area contributed by atoms with Crippen LogP contribution in [0.2, 0.25) is 0 Å². The Morgan fingerprint density at radius 2 is 1.93 bits per heavy atom. The number of halogens is 6. The molecule has 28 heavy (non-hydrogen) atoms. The molecule has 150 valence electrons.